The molecule has 0 saturated carbocycles. The van der Waals surface area contributed by atoms with Crippen LogP contribution in [-0.2, 0) is 6.42 Å². The third-order valence-electron chi connectivity index (χ3n) is 1.59. The van der Waals surface area contributed by atoms with E-state index in [1.807, 2.05) is 25.1 Å². The summed E-state index contributed by atoms with van der Waals surface area (Å²) >= 11 is 20.5. The van der Waals surface area contributed by atoms with Crippen molar-refractivity contribution in [2.45, 2.75) is 17.1 Å². The maximum Gasteiger partial charge on any atom is 0.194 e. The van der Waals surface area contributed by atoms with Crippen molar-refractivity contribution in [3.8, 4) is 0 Å². The Morgan fingerprint density at radius 1 is 1.31 bits per heavy atom. The number of aryl methyl sites for hydroxylation is 1. The minimum atomic E-state index is -1.23. The minimum Gasteiger partial charge on any atom is -0.0833 e. The van der Waals surface area contributed by atoms with Crippen LogP contribution in [0.25, 0.3) is 0 Å². The molecule has 0 atom stereocenters. The van der Waals surface area contributed by atoms with Gasteiger partial charge in [0, 0.05) is 10.9 Å². The van der Waals surface area contributed by atoms with Gasteiger partial charge in [-0.1, -0.05) is 68.4 Å². The Balaban J connectivity index is 2.94. The van der Waals surface area contributed by atoms with Crippen LogP contribution >= 0.6 is 50.7 Å². The molecule has 0 N–H and O–H groups in total. The van der Waals surface area contributed by atoms with Gasteiger partial charge in [-0.3, -0.25) is 0 Å². The first-order chi connectivity index (χ1) is 5.88. The third-order valence-corrected chi connectivity index (χ3v) is 2.77. The number of hydrogen-bond donors (Lipinski definition) is 0. The SMILES string of the molecule is Cc1ccc(Br)c(CC(Cl)(Cl)Cl)c1. The molecule has 0 spiro atoms. The summed E-state index contributed by atoms with van der Waals surface area (Å²) in [4.78, 5) is 0. The number of rotatable bonds is 1. The lowest BCUT2D eigenvalue weighted by Crippen LogP contribution is -2.07. The molecule has 4 heteroatoms. The van der Waals surface area contributed by atoms with Crippen molar-refractivity contribution in [2.75, 3.05) is 0 Å². The first kappa shape index (κ1) is 11.6. The molecule has 0 aliphatic carbocycles. The fraction of sp³-hybridized carbons (Fsp3) is 0.333. The van der Waals surface area contributed by atoms with Crippen LogP contribution in [0.3, 0.4) is 0 Å². The third kappa shape index (κ3) is 4.07. The lowest BCUT2D eigenvalue weighted by Gasteiger charge is -2.12. The van der Waals surface area contributed by atoms with Gasteiger partial charge in [0.2, 0.25) is 0 Å². The summed E-state index contributed by atoms with van der Waals surface area (Å²) in [6, 6.07) is 5.97. The quantitative estimate of drug-likeness (QED) is 0.661. The van der Waals surface area contributed by atoms with Crippen LogP contribution in [-0.4, -0.2) is 3.79 Å². The van der Waals surface area contributed by atoms with E-state index in [1.165, 1.54) is 0 Å². The molecule has 1 aromatic carbocycles. The van der Waals surface area contributed by atoms with Crippen LogP contribution in [0.2, 0.25) is 0 Å². The summed E-state index contributed by atoms with van der Waals surface area (Å²) < 4.78 is -0.250. The second kappa shape index (κ2) is 4.39. The Bertz CT molecular complexity index is 304. The second-order valence-corrected chi connectivity index (χ2v) is 6.26. The maximum atomic E-state index is 5.70. The van der Waals surface area contributed by atoms with Crippen molar-refractivity contribution in [3.05, 3.63) is 33.8 Å². The Kier molecular flexibility index (Phi) is 3.94. The summed E-state index contributed by atoms with van der Waals surface area (Å²) in [7, 11) is 0. The van der Waals surface area contributed by atoms with Crippen LogP contribution in [0.1, 0.15) is 11.1 Å². The molecule has 0 bridgehead atoms. The summed E-state index contributed by atoms with van der Waals surface area (Å²) in [6.07, 6.45) is 0.417. The zero-order valence-corrected chi connectivity index (χ0v) is 10.8. The Labute approximate surface area is 101 Å². The number of hydrogen-bond acceptors (Lipinski definition) is 0. The van der Waals surface area contributed by atoms with Crippen LogP contribution in [0.5, 0.6) is 0 Å². The molecule has 0 saturated heterocycles. The first-order valence-corrected chi connectivity index (χ1v) is 5.63. The zero-order valence-electron chi connectivity index (χ0n) is 6.95. The normalized spacial score (nSPS) is 11.8. The Morgan fingerprint density at radius 2 is 1.92 bits per heavy atom. The lowest BCUT2D eigenvalue weighted by molar-refractivity contribution is 1.01. The monoisotopic (exact) mass is 300 g/mol. The zero-order chi connectivity index (χ0) is 10.1. The van der Waals surface area contributed by atoms with Gasteiger partial charge in [0.25, 0.3) is 0 Å². The van der Waals surface area contributed by atoms with E-state index >= 15 is 0 Å². The van der Waals surface area contributed by atoms with Gasteiger partial charge in [0.1, 0.15) is 0 Å². The van der Waals surface area contributed by atoms with Crippen molar-refractivity contribution in [3.63, 3.8) is 0 Å². The van der Waals surface area contributed by atoms with Crippen molar-refractivity contribution in [2.24, 2.45) is 0 Å². The highest BCUT2D eigenvalue weighted by Gasteiger charge is 2.21. The van der Waals surface area contributed by atoms with E-state index in [9.17, 15) is 0 Å². The lowest BCUT2D eigenvalue weighted by atomic mass is 10.1. The van der Waals surface area contributed by atoms with E-state index in [0.717, 1.165) is 15.6 Å². The molecule has 0 amide bonds. The van der Waals surface area contributed by atoms with Crippen molar-refractivity contribution < 1.29 is 0 Å². The molecular weight excluding hydrogens is 294 g/mol. The molecule has 1 rings (SSSR count). The highest BCUT2D eigenvalue weighted by atomic mass is 79.9. The summed E-state index contributed by atoms with van der Waals surface area (Å²) in [6.45, 7) is 2.01. The first-order valence-electron chi connectivity index (χ1n) is 3.70. The molecule has 0 unspecified atom stereocenters. The molecule has 0 aliphatic rings. The highest BCUT2D eigenvalue weighted by molar-refractivity contribution is 9.10. The van der Waals surface area contributed by atoms with Crippen LogP contribution in [0.15, 0.2) is 22.7 Å². The van der Waals surface area contributed by atoms with Gasteiger partial charge in [-0.15, -0.1) is 0 Å². The van der Waals surface area contributed by atoms with Crippen LogP contribution in [0, 0.1) is 6.92 Å². The number of benzene rings is 1. The smallest absolute Gasteiger partial charge is 0.0833 e. The van der Waals surface area contributed by atoms with E-state index in [0.29, 0.717) is 6.42 Å². The molecule has 0 aliphatic heterocycles. The standard InChI is InChI=1S/C9H8BrCl3/c1-6-2-3-8(10)7(4-6)5-9(11,12)13/h2-4H,5H2,1H3. The predicted octanol–water partition coefficient (Wildman–Crippen LogP) is 4.67. The second-order valence-electron chi connectivity index (χ2n) is 2.89. The number of alkyl halides is 3. The van der Waals surface area contributed by atoms with Crippen molar-refractivity contribution in [1.29, 1.82) is 0 Å². The topological polar surface area (TPSA) is 0 Å². The van der Waals surface area contributed by atoms with Gasteiger partial charge in [0.15, 0.2) is 3.79 Å². The maximum absolute atomic E-state index is 5.70. The average molecular weight is 302 g/mol. The summed E-state index contributed by atoms with van der Waals surface area (Å²) in [5.41, 5.74) is 2.17. The Morgan fingerprint density at radius 3 is 2.46 bits per heavy atom. The minimum absolute atomic E-state index is 0.417. The Hall–Kier alpha value is 0.570. The average Bonchev–Trinajstić information content (AvgIpc) is 1.94. The van der Waals surface area contributed by atoms with Gasteiger partial charge in [-0.25, -0.2) is 0 Å². The van der Waals surface area contributed by atoms with E-state index in [2.05, 4.69) is 15.9 Å². The molecule has 1 aromatic rings. The largest absolute Gasteiger partial charge is 0.194 e. The predicted molar refractivity (Wildman–Crippen MR) is 62.9 cm³/mol. The fourth-order valence-electron chi connectivity index (χ4n) is 1.05. The van der Waals surface area contributed by atoms with E-state index < -0.39 is 3.79 Å². The van der Waals surface area contributed by atoms with Gasteiger partial charge >= 0.3 is 0 Å². The molecule has 0 nitrogen and oxygen atoms in total. The summed E-state index contributed by atoms with van der Waals surface area (Å²) in [5.74, 6) is 0. The molecular formula is C9H8BrCl3. The molecule has 72 valence electrons. The van der Waals surface area contributed by atoms with Crippen molar-refractivity contribution in [1.82, 2.24) is 0 Å². The molecule has 13 heavy (non-hydrogen) atoms. The van der Waals surface area contributed by atoms with Gasteiger partial charge in [0.05, 0.1) is 0 Å². The van der Waals surface area contributed by atoms with E-state index in [4.69, 9.17) is 34.8 Å². The van der Waals surface area contributed by atoms with E-state index in [1.54, 1.807) is 0 Å². The van der Waals surface area contributed by atoms with Gasteiger partial charge < -0.3 is 0 Å². The fourth-order valence-corrected chi connectivity index (χ4v) is 1.87. The molecule has 0 heterocycles. The van der Waals surface area contributed by atoms with Crippen LogP contribution in [0.4, 0.5) is 0 Å². The molecule has 0 radical (unpaired) electrons. The number of halogens is 4. The van der Waals surface area contributed by atoms with Gasteiger partial charge in [-0.2, -0.15) is 0 Å². The van der Waals surface area contributed by atoms with Crippen LogP contribution < -0.4 is 0 Å². The summed E-state index contributed by atoms with van der Waals surface area (Å²) in [5, 5.41) is 0. The van der Waals surface area contributed by atoms with E-state index in [-0.39, 0.29) is 0 Å². The van der Waals surface area contributed by atoms with Crippen molar-refractivity contribution >= 4 is 50.7 Å². The highest BCUT2D eigenvalue weighted by Crippen LogP contribution is 2.33. The van der Waals surface area contributed by atoms with Gasteiger partial charge in [-0.05, 0) is 18.6 Å². The molecule has 0 fully saturated rings. The molecule has 0 aromatic heterocycles.